The minimum atomic E-state index is -0.278. The van der Waals surface area contributed by atoms with Crippen LogP contribution in [0, 0.1) is 0 Å². The molecule has 6 nitrogen and oxygen atoms in total. The van der Waals surface area contributed by atoms with E-state index in [0.717, 1.165) is 0 Å². The molecule has 0 spiro atoms. The summed E-state index contributed by atoms with van der Waals surface area (Å²) >= 11 is 5.57. The molecule has 2 N–H and O–H groups in total. The van der Waals surface area contributed by atoms with Crippen LogP contribution in [0.1, 0.15) is 16.8 Å². The second kappa shape index (κ2) is 8.94. The molecule has 0 aliphatic heterocycles. The molecule has 0 atom stereocenters. The number of nitrogens with one attached hydrogen (secondary N) is 2. The SMILES string of the molecule is COc1cc(NC(=O)c2ccccc2)c(OC)cc1NC(=O)CCCl. The normalized spacial score (nSPS) is 10.0. The van der Waals surface area contributed by atoms with E-state index in [1.165, 1.54) is 14.2 Å². The van der Waals surface area contributed by atoms with Gasteiger partial charge in [-0.2, -0.15) is 0 Å². The highest BCUT2D eigenvalue weighted by atomic mass is 35.5. The number of carbonyl (C=O) groups is 2. The monoisotopic (exact) mass is 362 g/mol. The van der Waals surface area contributed by atoms with Crippen molar-refractivity contribution in [1.29, 1.82) is 0 Å². The standard InChI is InChI=1S/C18H19ClN2O4/c1-24-15-11-14(21-18(23)12-6-4-3-5-7-12)16(25-2)10-13(15)20-17(22)8-9-19/h3-7,10-11H,8-9H2,1-2H3,(H,20,22)(H,21,23). The van der Waals surface area contributed by atoms with Gasteiger partial charge in [-0.3, -0.25) is 9.59 Å². The predicted molar refractivity (Wildman–Crippen MR) is 97.9 cm³/mol. The van der Waals surface area contributed by atoms with E-state index in [1.807, 2.05) is 6.07 Å². The van der Waals surface area contributed by atoms with Crippen LogP contribution in [0.2, 0.25) is 0 Å². The first-order valence-electron chi connectivity index (χ1n) is 7.57. The van der Waals surface area contributed by atoms with Crippen molar-refractivity contribution in [3.8, 4) is 11.5 Å². The first kappa shape index (κ1) is 18.6. The Labute approximate surface area is 151 Å². The molecule has 0 radical (unpaired) electrons. The lowest BCUT2D eigenvalue weighted by Gasteiger charge is -2.16. The second-order valence-corrected chi connectivity index (χ2v) is 5.44. The Balaban J connectivity index is 2.29. The minimum Gasteiger partial charge on any atom is -0.494 e. The molecule has 0 aliphatic rings. The number of ether oxygens (including phenoxy) is 2. The van der Waals surface area contributed by atoms with E-state index in [9.17, 15) is 9.59 Å². The quantitative estimate of drug-likeness (QED) is 0.739. The molecule has 0 fully saturated rings. The molecule has 25 heavy (non-hydrogen) atoms. The molecule has 2 aromatic rings. The molecule has 0 saturated carbocycles. The molecular weight excluding hydrogens is 344 g/mol. The summed E-state index contributed by atoms with van der Waals surface area (Å²) in [5.74, 6) is 0.492. The summed E-state index contributed by atoms with van der Waals surface area (Å²) in [6.07, 6.45) is 0.180. The van der Waals surface area contributed by atoms with Crippen LogP contribution in [0.3, 0.4) is 0 Å². The number of hydrogen-bond donors (Lipinski definition) is 2. The van der Waals surface area contributed by atoms with E-state index in [0.29, 0.717) is 28.4 Å². The largest absolute Gasteiger partial charge is 0.494 e. The summed E-state index contributed by atoms with van der Waals surface area (Å²) in [7, 11) is 2.95. The van der Waals surface area contributed by atoms with Gasteiger partial charge >= 0.3 is 0 Å². The van der Waals surface area contributed by atoms with Crippen molar-refractivity contribution in [3.05, 3.63) is 48.0 Å². The van der Waals surface area contributed by atoms with Gasteiger partial charge in [0.15, 0.2) is 0 Å². The summed E-state index contributed by atoms with van der Waals surface area (Å²) in [4.78, 5) is 24.1. The van der Waals surface area contributed by atoms with Gasteiger partial charge in [0.05, 0.1) is 25.6 Å². The lowest BCUT2D eigenvalue weighted by atomic mass is 10.2. The third-order valence-electron chi connectivity index (χ3n) is 3.40. The fraction of sp³-hybridized carbons (Fsp3) is 0.222. The highest BCUT2D eigenvalue weighted by Crippen LogP contribution is 2.36. The molecule has 0 aliphatic carbocycles. The summed E-state index contributed by atoms with van der Waals surface area (Å²) in [6.45, 7) is 0. The summed E-state index contributed by atoms with van der Waals surface area (Å²) in [6, 6.07) is 12.0. The van der Waals surface area contributed by atoms with E-state index in [4.69, 9.17) is 21.1 Å². The van der Waals surface area contributed by atoms with Gasteiger partial charge in [-0.05, 0) is 12.1 Å². The van der Waals surface area contributed by atoms with Crippen molar-refractivity contribution in [1.82, 2.24) is 0 Å². The van der Waals surface area contributed by atoms with Gasteiger partial charge in [-0.25, -0.2) is 0 Å². The van der Waals surface area contributed by atoms with Crippen LogP contribution in [-0.2, 0) is 4.79 Å². The maximum Gasteiger partial charge on any atom is 0.255 e. The molecule has 0 heterocycles. The van der Waals surface area contributed by atoms with Crippen molar-refractivity contribution in [2.75, 3.05) is 30.7 Å². The van der Waals surface area contributed by atoms with E-state index >= 15 is 0 Å². The molecule has 0 aromatic heterocycles. The lowest BCUT2D eigenvalue weighted by Crippen LogP contribution is -2.15. The van der Waals surface area contributed by atoms with E-state index < -0.39 is 0 Å². The smallest absolute Gasteiger partial charge is 0.255 e. The zero-order valence-corrected chi connectivity index (χ0v) is 14.7. The Morgan fingerprint density at radius 1 is 0.960 bits per heavy atom. The number of alkyl halides is 1. The molecule has 0 unspecified atom stereocenters. The first-order chi connectivity index (χ1) is 12.1. The zero-order chi connectivity index (χ0) is 18.2. The van der Waals surface area contributed by atoms with Crippen LogP contribution in [0.15, 0.2) is 42.5 Å². The number of rotatable bonds is 7. The molecule has 2 rings (SSSR count). The summed E-state index contributed by atoms with van der Waals surface area (Å²) < 4.78 is 10.6. The van der Waals surface area contributed by atoms with Crippen LogP contribution in [0.4, 0.5) is 11.4 Å². The van der Waals surface area contributed by atoms with Crippen molar-refractivity contribution >= 4 is 34.8 Å². The van der Waals surface area contributed by atoms with Crippen LogP contribution in [0.5, 0.6) is 11.5 Å². The molecule has 132 valence electrons. The second-order valence-electron chi connectivity index (χ2n) is 5.06. The van der Waals surface area contributed by atoms with Gasteiger partial charge in [0, 0.05) is 30.0 Å². The third-order valence-corrected chi connectivity index (χ3v) is 3.59. The van der Waals surface area contributed by atoms with E-state index in [2.05, 4.69) is 10.6 Å². The number of benzene rings is 2. The highest BCUT2D eigenvalue weighted by Gasteiger charge is 2.16. The van der Waals surface area contributed by atoms with Gasteiger partial charge in [-0.15, -0.1) is 11.6 Å². The average Bonchev–Trinajstić information content (AvgIpc) is 2.63. The highest BCUT2D eigenvalue weighted by molar-refractivity contribution is 6.19. The number of anilines is 2. The van der Waals surface area contributed by atoms with Crippen LogP contribution in [-0.4, -0.2) is 31.9 Å². The number of amides is 2. The molecule has 2 aromatic carbocycles. The predicted octanol–water partition coefficient (Wildman–Crippen LogP) is 3.52. The third kappa shape index (κ3) is 4.87. The number of carbonyl (C=O) groups excluding carboxylic acids is 2. The fourth-order valence-corrected chi connectivity index (χ4v) is 2.35. The first-order valence-corrected chi connectivity index (χ1v) is 8.10. The average molecular weight is 363 g/mol. The maximum atomic E-state index is 12.3. The zero-order valence-electron chi connectivity index (χ0n) is 14.0. The van der Waals surface area contributed by atoms with Gasteiger partial charge in [0.25, 0.3) is 5.91 Å². The Bertz CT molecular complexity index is 750. The molecule has 0 bridgehead atoms. The lowest BCUT2D eigenvalue weighted by molar-refractivity contribution is -0.115. The van der Waals surface area contributed by atoms with Crippen molar-refractivity contribution in [2.24, 2.45) is 0 Å². The van der Waals surface area contributed by atoms with Crippen molar-refractivity contribution in [2.45, 2.75) is 6.42 Å². The van der Waals surface area contributed by atoms with Crippen LogP contribution >= 0.6 is 11.6 Å². The van der Waals surface area contributed by atoms with Crippen molar-refractivity contribution < 1.29 is 19.1 Å². The molecule has 2 amide bonds. The van der Waals surface area contributed by atoms with Gasteiger partial charge in [0.1, 0.15) is 11.5 Å². The Morgan fingerprint density at radius 3 is 2.04 bits per heavy atom. The minimum absolute atomic E-state index is 0.180. The Kier molecular flexibility index (Phi) is 6.65. The fourth-order valence-electron chi connectivity index (χ4n) is 2.18. The van der Waals surface area contributed by atoms with Gasteiger partial charge in [-0.1, -0.05) is 18.2 Å². The summed E-state index contributed by atoms with van der Waals surface area (Å²) in [5.41, 5.74) is 1.39. The van der Waals surface area contributed by atoms with E-state index in [1.54, 1.807) is 36.4 Å². The molecular formula is C18H19ClN2O4. The van der Waals surface area contributed by atoms with Crippen molar-refractivity contribution in [3.63, 3.8) is 0 Å². The Hall–Kier alpha value is -2.73. The Morgan fingerprint density at radius 2 is 1.52 bits per heavy atom. The number of methoxy groups -OCH3 is 2. The van der Waals surface area contributed by atoms with E-state index in [-0.39, 0.29) is 24.1 Å². The van der Waals surface area contributed by atoms with Gasteiger partial charge in [0.2, 0.25) is 5.91 Å². The molecule has 0 saturated heterocycles. The van der Waals surface area contributed by atoms with Crippen LogP contribution < -0.4 is 20.1 Å². The summed E-state index contributed by atoms with van der Waals surface area (Å²) in [5, 5.41) is 5.49. The van der Waals surface area contributed by atoms with Crippen LogP contribution in [0.25, 0.3) is 0 Å². The number of halogens is 1. The van der Waals surface area contributed by atoms with Gasteiger partial charge < -0.3 is 20.1 Å². The topological polar surface area (TPSA) is 76.7 Å². The molecule has 7 heteroatoms. The maximum absolute atomic E-state index is 12.3. The number of hydrogen-bond acceptors (Lipinski definition) is 4.